The summed E-state index contributed by atoms with van der Waals surface area (Å²) in [6.45, 7) is 0. The Balaban J connectivity index is 0.825. The Bertz CT molecular complexity index is 3720. The smallest absolute Gasteiger partial charge is 0.0713 e. The third kappa shape index (κ3) is 6.26. The van der Waals surface area contributed by atoms with Crippen LogP contribution in [0.4, 0.5) is 17.1 Å². The van der Waals surface area contributed by atoms with Crippen LogP contribution in [0.2, 0.25) is 0 Å². The lowest BCUT2D eigenvalue weighted by molar-refractivity contribution is 0.768. The van der Waals surface area contributed by atoms with Gasteiger partial charge in [0.1, 0.15) is 0 Å². The summed E-state index contributed by atoms with van der Waals surface area (Å²) >= 11 is 0. The molecule has 0 N–H and O–H groups in total. The van der Waals surface area contributed by atoms with Gasteiger partial charge in [-0.05, 0) is 133 Å². The van der Waals surface area contributed by atoms with Crippen molar-refractivity contribution in [1.29, 1.82) is 0 Å². The Labute approximate surface area is 390 Å². The summed E-state index contributed by atoms with van der Waals surface area (Å²) in [5.41, 5.74) is 18.9. The number of hydrogen-bond acceptors (Lipinski definition) is 1. The van der Waals surface area contributed by atoms with Gasteiger partial charge in [-0.1, -0.05) is 200 Å². The Kier molecular flexibility index (Phi) is 9.11. The molecule has 1 aliphatic rings. The van der Waals surface area contributed by atoms with E-state index in [0.29, 0.717) is 0 Å². The van der Waals surface area contributed by atoms with Gasteiger partial charge in [0.15, 0.2) is 0 Å². The van der Waals surface area contributed by atoms with Gasteiger partial charge in [-0.3, -0.25) is 0 Å². The minimum atomic E-state index is -0.434. The average molecular weight is 853 g/mol. The molecule has 11 aromatic carbocycles. The van der Waals surface area contributed by atoms with Crippen LogP contribution >= 0.6 is 0 Å². The van der Waals surface area contributed by atoms with Gasteiger partial charge in [0.2, 0.25) is 0 Å². The minimum absolute atomic E-state index is 0.434. The second-order valence-electron chi connectivity index (χ2n) is 17.7. The Morgan fingerprint density at radius 2 is 0.896 bits per heavy atom. The van der Waals surface area contributed by atoms with Crippen LogP contribution in [0.5, 0.6) is 0 Å². The van der Waals surface area contributed by atoms with Gasteiger partial charge in [0, 0.05) is 33.5 Å². The van der Waals surface area contributed by atoms with Crippen LogP contribution in [0.15, 0.2) is 255 Å². The second kappa shape index (κ2) is 15.8. The number of nitrogens with zero attached hydrogens (tertiary/aromatic N) is 2. The van der Waals surface area contributed by atoms with E-state index in [1.54, 1.807) is 0 Å². The molecule has 13 rings (SSSR count). The summed E-state index contributed by atoms with van der Waals surface area (Å²) in [4.78, 5) is 2.37. The summed E-state index contributed by atoms with van der Waals surface area (Å²) in [5.74, 6) is 0. The maximum Gasteiger partial charge on any atom is 0.0713 e. The molecular formula is C65H44N2. The molecule has 1 aliphatic carbocycles. The van der Waals surface area contributed by atoms with Gasteiger partial charge in [-0.15, -0.1) is 0 Å². The summed E-state index contributed by atoms with van der Waals surface area (Å²) in [5, 5.41) is 5.19. The first-order valence-corrected chi connectivity index (χ1v) is 23.2. The van der Waals surface area contributed by atoms with Crippen molar-refractivity contribution in [2.45, 2.75) is 5.41 Å². The molecule has 1 heterocycles. The first-order valence-electron chi connectivity index (χ1n) is 23.2. The molecule has 0 aliphatic heterocycles. The van der Waals surface area contributed by atoms with Gasteiger partial charge >= 0.3 is 0 Å². The number of aromatic nitrogens is 1. The highest BCUT2D eigenvalue weighted by Gasteiger charge is 2.46. The monoisotopic (exact) mass is 852 g/mol. The maximum atomic E-state index is 2.42. The predicted octanol–water partition coefficient (Wildman–Crippen LogP) is 17.0. The van der Waals surface area contributed by atoms with Crippen LogP contribution in [-0.4, -0.2) is 4.57 Å². The number of anilines is 3. The van der Waals surface area contributed by atoms with Crippen molar-refractivity contribution < 1.29 is 0 Å². The van der Waals surface area contributed by atoms with E-state index < -0.39 is 5.41 Å². The molecule has 0 fully saturated rings. The lowest BCUT2D eigenvalue weighted by atomic mass is 9.68. The highest BCUT2D eigenvalue weighted by Crippen LogP contribution is 2.57. The van der Waals surface area contributed by atoms with Crippen LogP contribution in [0.1, 0.15) is 33.4 Å². The van der Waals surface area contributed by atoms with Crippen molar-refractivity contribution in [3.63, 3.8) is 0 Å². The van der Waals surface area contributed by atoms with Crippen molar-refractivity contribution in [2.75, 3.05) is 4.90 Å². The fourth-order valence-electron chi connectivity index (χ4n) is 11.0. The van der Waals surface area contributed by atoms with Crippen molar-refractivity contribution in [2.24, 2.45) is 0 Å². The van der Waals surface area contributed by atoms with Crippen molar-refractivity contribution in [3.8, 4) is 27.9 Å². The van der Waals surface area contributed by atoms with E-state index in [9.17, 15) is 0 Å². The standard InChI is InChI=1S/C65H44N2/c1-5-17-51(18-6-1)65(52-19-7-2-8-20-52)59-26-14-13-25-57(59)58-44-56(40-41-60(58)65)66(53-21-9-3-10-22-53)55-38-32-46(33-39-55)29-28-45-30-34-47(35-31-45)50-42-49-37-36-48-16-15-27-61-63(48)64(49)62(43-50)67(61)54-23-11-4-12-24-54/h1-44H/b29-28+. The van der Waals surface area contributed by atoms with E-state index in [4.69, 9.17) is 0 Å². The molecule has 0 saturated carbocycles. The predicted molar refractivity (Wildman–Crippen MR) is 282 cm³/mol. The summed E-state index contributed by atoms with van der Waals surface area (Å²) in [6, 6.07) is 93.2. The van der Waals surface area contributed by atoms with Crippen molar-refractivity contribution in [1.82, 2.24) is 4.57 Å². The van der Waals surface area contributed by atoms with Crippen LogP contribution in [-0.2, 0) is 5.41 Å². The fraction of sp³-hybridized carbons (Fsp3) is 0.0154. The summed E-state index contributed by atoms with van der Waals surface area (Å²) in [6.07, 6.45) is 4.42. The molecule has 0 radical (unpaired) electrons. The lowest BCUT2D eigenvalue weighted by Crippen LogP contribution is -2.28. The number of fused-ring (bicyclic) bond motifs is 3. The number of benzene rings is 11. The highest BCUT2D eigenvalue weighted by molar-refractivity contribution is 6.25. The van der Waals surface area contributed by atoms with E-state index in [0.717, 1.165) is 28.2 Å². The zero-order chi connectivity index (χ0) is 44.3. The molecular weight excluding hydrogens is 809 g/mol. The molecule has 0 amide bonds. The molecule has 0 unspecified atom stereocenters. The van der Waals surface area contributed by atoms with Gasteiger partial charge < -0.3 is 9.47 Å². The fourth-order valence-corrected chi connectivity index (χ4v) is 11.0. The van der Waals surface area contributed by atoms with Crippen molar-refractivity contribution >= 4 is 61.8 Å². The zero-order valence-corrected chi connectivity index (χ0v) is 36.8. The molecule has 0 atom stereocenters. The van der Waals surface area contributed by atoms with E-state index in [-0.39, 0.29) is 0 Å². The zero-order valence-electron chi connectivity index (χ0n) is 36.8. The molecule has 12 aromatic rings. The SMILES string of the molecule is C(=C\c1ccc(N(c2ccccc2)c2ccc3c(c2)-c2ccccc2C3(c2ccccc2)c2ccccc2)cc1)/c1ccc(-c2cc3ccc4cccc5c4c3c(c2)n5-c2ccccc2)cc1. The molecule has 67 heavy (non-hydrogen) atoms. The Morgan fingerprint density at radius 1 is 0.343 bits per heavy atom. The second-order valence-corrected chi connectivity index (χ2v) is 17.7. The average Bonchev–Trinajstić information content (AvgIpc) is 3.90. The largest absolute Gasteiger partial charge is 0.310 e. The molecule has 2 heteroatoms. The Hall–Kier alpha value is -8.72. The molecule has 0 bridgehead atoms. The van der Waals surface area contributed by atoms with Crippen LogP contribution in [0.25, 0.3) is 72.7 Å². The van der Waals surface area contributed by atoms with Gasteiger partial charge in [0.25, 0.3) is 0 Å². The van der Waals surface area contributed by atoms with E-state index in [1.165, 1.54) is 82.8 Å². The molecule has 0 spiro atoms. The first kappa shape index (κ1) is 38.7. The summed E-state index contributed by atoms with van der Waals surface area (Å²) < 4.78 is 2.42. The molecule has 1 aromatic heterocycles. The van der Waals surface area contributed by atoms with Crippen LogP contribution < -0.4 is 4.90 Å². The minimum Gasteiger partial charge on any atom is -0.310 e. The van der Waals surface area contributed by atoms with Crippen molar-refractivity contribution in [3.05, 3.63) is 288 Å². The van der Waals surface area contributed by atoms with Gasteiger partial charge in [-0.2, -0.15) is 0 Å². The number of rotatable bonds is 9. The van der Waals surface area contributed by atoms with Crippen LogP contribution in [0.3, 0.4) is 0 Å². The molecule has 314 valence electrons. The van der Waals surface area contributed by atoms with Gasteiger partial charge in [-0.25, -0.2) is 0 Å². The van der Waals surface area contributed by atoms with E-state index >= 15 is 0 Å². The van der Waals surface area contributed by atoms with E-state index in [2.05, 4.69) is 276 Å². The summed E-state index contributed by atoms with van der Waals surface area (Å²) in [7, 11) is 0. The van der Waals surface area contributed by atoms with E-state index in [1.807, 2.05) is 0 Å². The Morgan fingerprint density at radius 3 is 1.60 bits per heavy atom. The first-order chi connectivity index (χ1) is 33.2. The molecule has 0 saturated heterocycles. The maximum absolute atomic E-state index is 2.42. The third-order valence-corrected chi connectivity index (χ3v) is 14.0. The topological polar surface area (TPSA) is 8.17 Å². The number of para-hydroxylation sites is 2. The third-order valence-electron chi connectivity index (χ3n) is 14.0. The van der Waals surface area contributed by atoms with Gasteiger partial charge in [0.05, 0.1) is 16.4 Å². The lowest BCUT2D eigenvalue weighted by Gasteiger charge is -2.34. The van der Waals surface area contributed by atoms with Crippen LogP contribution in [0, 0.1) is 0 Å². The number of hydrogen-bond donors (Lipinski definition) is 0. The molecule has 2 nitrogen and oxygen atoms in total. The quantitative estimate of drug-likeness (QED) is 0.104. The highest BCUT2D eigenvalue weighted by atomic mass is 15.1. The normalized spacial score (nSPS) is 12.8.